The van der Waals surface area contributed by atoms with Gasteiger partial charge in [-0.2, -0.15) is 5.10 Å². The molecule has 8 heteroatoms. The molecule has 0 saturated carbocycles. The SMILES string of the molecule is CCOc1ccc(-c2nccc(-c3cc4n(n3)CCNC4=O)n2)cc1OCC. The molecule has 0 unspecified atom stereocenters. The lowest BCUT2D eigenvalue weighted by Gasteiger charge is -2.13. The number of ether oxygens (including phenoxy) is 2. The van der Waals surface area contributed by atoms with E-state index in [-0.39, 0.29) is 5.91 Å². The van der Waals surface area contributed by atoms with Gasteiger partial charge in [0.25, 0.3) is 5.91 Å². The first-order valence-corrected chi connectivity index (χ1v) is 9.29. The zero-order valence-electron chi connectivity index (χ0n) is 15.8. The van der Waals surface area contributed by atoms with Crippen LogP contribution >= 0.6 is 0 Å². The van der Waals surface area contributed by atoms with Gasteiger partial charge in [-0.15, -0.1) is 0 Å². The topological polar surface area (TPSA) is 91.2 Å². The summed E-state index contributed by atoms with van der Waals surface area (Å²) in [6.07, 6.45) is 1.69. The molecule has 0 bridgehead atoms. The van der Waals surface area contributed by atoms with E-state index in [0.29, 0.717) is 60.7 Å². The fraction of sp³-hybridized carbons (Fsp3) is 0.300. The molecular formula is C20H21N5O3. The molecule has 1 aromatic carbocycles. The number of hydrogen-bond acceptors (Lipinski definition) is 6. The Bertz CT molecular complexity index is 1010. The summed E-state index contributed by atoms with van der Waals surface area (Å²) in [6, 6.07) is 9.18. The molecule has 0 aliphatic carbocycles. The van der Waals surface area contributed by atoms with Crippen molar-refractivity contribution in [2.75, 3.05) is 19.8 Å². The highest BCUT2D eigenvalue weighted by Gasteiger charge is 2.20. The third-order valence-electron chi connectivity index (χ3n) is 4.34. The molecule has 3 aromatic rings. The second kappa shape index (κ2) is 7.67. The van der Waals surface area contributed by atoms with Crippen LogP contribution < -0.4 is 14.8 Å². The van der Waals surface area contributed by atoms with Gasteiger partial charge in [-0.25, -0.2) is 9.97 Å². The normalized spacial score (nSPS) is 13.0. The molecule has 1 amide bonds. The van der Waals surface area contributed by atoms with Crippen molar-refractivity contribution >= 4 is 5.91 Å². The van der Waals surface area contributed by atoms with Crippen LogP contribution in [0.4, 0.5) is 0 Å². The summed E-state index contributed by atoms with van der Waals surface area (Å²) in [7, 11) is 0. The lowest BCUT2D eigenvalue weighted by molar-refractivity contribution is 0.0924. The summed E-state index contributed by atoms with van der Waals surface area (Å²) in [4.78, 5) is 21.0. The minimum atomic E-state index is -0.118. The predicted octanol–water partition coefficient (Wildman–Crippen LogP) is 2.55. The standard InChI is InChI=1S/C20H21N5O3/c1-3-27-17-6-5-13(11-18(17)28-4-2)19-21-8-7-14(23-19)15-12-16-20(26)22-9-10-25(16)24-15/h5-8,11-12H,3-4,9-10H2,1-2H3,(H,22,26). The van der Waals surface area contributed by atoms with Gasteiger partial charge in [-0.3, -0.25) is 9.48 Å². The van der Waals surface area contributed by atoms with Gasteiger partial charge in [0.05, 0.1) is 25.5 Å². The molecule has 144 valence electrons. The lowest BCUT2D eigenvalue weighted by Crippen LogP contribution is -2.35. The lowest BCUT2D eigenvalue weighted by atomic mass is 10.1. The highest BCUT2D eigenvalue weighted by Crippen LogP contribution is 2.32. The highest BCUT2D eigenvalue weighted by atomic mass is 16.5. The maximum atomic E-state index is 12.0. The van der Waals surface area contributed by atoms with E-state index in [1.165, 1.54) is 0 Å². The van der Waals surface area contributed by atoms with Gasteiger partial charge in [0, 0.05) is 18.3 Å². The van der Waals surface area contributed by atoms with E-state index in [2.05, 4.69) is 20.4 Å². The molecule has 1 aliphatic rings. The van der Waals surface area contributed by atoms with Crippen molar-refractivity contribution in [3.05, 3.63) is 42.2 Å². The average Bonchev–Trinajstić information content (AvgIpc) is 3.16. The van der Waals surface area contributed by atoms with Crippen LogP contribution in [0.1, 0.15) is 24.3 Å². The first-order valence-electron chi connectivity index (χ1n) is 9.29. The van der Waals surface area contributed by atoms with E-state index in [9.17, 15) is 4.79 Å². The summed E-state index contributed by atoms with van der Waals surface area (Å²) >= 11 is 0. The molecule has 8 nitrogen and oxygen atoms in total. The molecule has 2 aromatic heterocycles. The molecule has 0 saturated heterocycles. The molecule has 0 fully saturated rings. The molecule has 0 spiro atoms. The molecule has 4 rings (SSSR count). The highest BCUT2D eigenvalue weighted by molar-refractivity contribution is 5.94. The van der Waals surface area contributed by atoms with Crippen molar-refractivity contribution in [2.24, 2.45) is 0 Å². The number of nitrogens with zero attached hydrogens (tertiary/aromatic N) is 4. The van der Waals surface area contributed by atoms with Crippen molar-refractivity contribution in [1.82, 2.24) is 25.1 Å². The Balaban J connectivity index is 1.69. The third kappa shape index (κ3) is 3.40. The van der Waals surface area contributed by atoms with E-state index in [1.54, 1.807) is 23.0 Å². The van der Waals surface area contributed by atoms with Gasteiger partial charge in [-0.1, -0.05) is 0 Å². The molecule has 1 aliphatic heterocycles. The minimum Gasteiger partial charge on any atom is -0.490 e. The Morgan fingerprint density at radius 1 is 1.07 bits per heavy atom. The Morgan fingerprint density at radius 3 is 2.68 bits per heavy atom. The maximum absolute atomic E-state index is 12.0. The Morgan fingerprint density at radius 2 is 1.89 bits per heavy atom. The summed E-state index contributed by atoms with van der Waals surface area (Å²) in [5, 5.41) is 7.33. The molecule has 0 radical (unpaired) electrons. The largest absolute Gasteiger partial charge is 0.490 e. The number of rotatable bonds is 6. The van der Waals surface area contributed by atoms with Crippen molar-refractivity contribution < 1.29 is 14.3 Å². The van der Waals surface area contributed by atoms with E-state index in [4.69, 9.17) is 9.47 Å². The van der Waals surface area contributed by atoms with Crippen molar-refractivity contribution in [1.29, 1.82) is 0 Å². The number of carbonyl (C=O) groups excluding carboxylic acids is 1. The van der Waals surface area contributed by atoms with Gasteiger partial charge in [0.2, 0.25) is 0 Å². The number of aromatic nitrogens is 4. The van der Waals surface area contributed by atoms with E-state index in [0.717, 1.165) is 5.56 Å². The summed E-state index contributed by atoms with van der Waals surface area (Å²) in [5.41, 5.74) is 2.66. The molecular weight excluding hydrogens is 358 g/mol. The quantitative estimate of drug-likeness (QED) is 0.708. The summed E-state index contributed by atoms with van der Waals surface area (Å²) in [6.45, 7) is 6.18. The first kappa shape index (κ1) is 18.0. The van der Waals surface area contributed by atoms with Gasteiger partial charge < -0.3 is 14.8 Å². The van der Waals surface area contributed by atoms with Crippen LogP contribution in [0.5, 0.6) is 11.5 Å². The number of carbonyl (C=O) groups is 1. The summed E-state index contributed by atoms with van der Waals surface area (Å²) < 4.78 is 13.0. The fourth-order valence-electron chi connectivity index (χ4n) is 3.09. The minimum absolute atomic E-state index is 0.118. The average molecular weight is 379 g/mol. The zero-order chi connectivity index (χ0) is 19.5. The maximum Gasteiger partial charge on any atom is 0.269 e. The number of amides is 1. The molecule has 28 heavy (non-hydrogen) atoms. The number of nitrogens with one attached hydrogen (secondary N) is 1. The van der Waals surface area contributed by atoms with E-state index < -0.39 is 0 Å². The van der Waals surface area contributed by atoms with E-state index in [1.807, 2.05) is 32.0 Å². The van der Waals surface area contributed by atoms with Crippen LogP contribution in [0.15, 0.2) is 36.5 Å². The molecule has 3 heterocycles. The van der Waals surface area contributed by atoms with Crippen molar-refractivity contribution in [3.63, 3.8) is 0 Å². The smallest absolute Gasteiger partial charge is 0.269 e. The fourth-order valence-corrected chi connectivity index (χ4v) is 3.09. The van der Waals surface area contributed by atoms with Crippen LogP contribution in [0.25, 0.3) is 22.8 Å². The van der Waals surface area contributed by atoms with Gasteiger partial charge >= 0.3 is 0 Å². The Kier molecular flexibility index (Phi) is 4.92. The molecule has 1 N–H and O–H groups in total. The monoisotopic (exact) mass is 379 g/mol. The predicted molar refractivity (Wildman–Crippen MR) is 103 cm³/mol. The van der Waals surface area contributed by atoms with Crippen LogP contribution in [0.3, 0.4) is 0 Å². The van der Waals surface area contributed by atoms with Gasteiger partial charge in [0.1, 0.15) is 11.4 Å². The number of hydrogen-bond donors (Lipinski definition) is 1. The second-order valence-electron chi connectivity index (χ2n) is 6.19. The van der Waals surface area contributed by atoms with Crippen LogP contribution in [0.2, 0.25) is 0 Å². The van der Waals surface area contributed by atoms with Crippen molar-refractivity contribution in [2.45, 2.75) is 20.4 Å². The first-order chi connectivity index (χ1) is 13.7. The Labute approximate surface area is 162 Å². The second-order valence-corrected chi connectivity index (χ2v) is 6.19. The van der Waals surface area contributed by atoms with Crippen LogP contribution in [-0.2, 0) is 6.54 Å². The summed E-state index contributed by atoms with van der Waals surface area (Å²) in [5.74, 6) is 1.78. The van der Waals surface area contributed by atoms with Crippen LogP contribution in [0, 0.1) is 0 Å². The number of benzene rings is 1. The van der Waals surface area contributed by atoms with Crippen molar-refractivity contribution in [3.8, 4) is 34.3 Å². The zero-order valence-corrected chi connectivity index (χ0v) is 15.8. The number of fused-ring (bicyclic) bond motifs is 1. The van der Waals surface area contributed by atoms with Crippen LogP contribution in [-0.4, -0.2) is 45.4 Å². The van der Waals surface area contributed by atoms with Gasteiger partial charge in [-0.05, 0) is 44.2 Å². The third-order valence-corrected chi connectivity index (χ3v) is 4.34. The molecule has 0 atom stereocenters. The Hall–Kier alpha value is -3.42. The van der Waals surface area contributed by atoms with Gasteiger partial charge in [0.15, 0.2) is 17.3 Å². The van der Waals surface area contributed by atoms with E-state index >= 15 is 0 Å².